The summed E-state index contributed by atoms with van der Waals surface area (Å²) in [6, 6.07) is 13.3. The Morgan fingerprint density at radius 1 is 1.21 bits per heavy atom. The number of nitro benzene ring substituents is 1. The molecule has 1 amide bonds. The molecule has 1 atom stereocenters. The quantitative estimate of drug-likeness (QED) is 0.340. The lowest BCUT2D eigenvalue weighted by Crippen LogP contribution is -2.31. The average molecular weight is 415 g/mol. The SMILES string of the molecule is C[C@@H](OC(=O)COCc1nc2ccccc2s1)C(=O)Nc1ccccc1[N+](=O)[O-]. The molecule has 0 aliphatic heterocycles. The Kier molecular flexibility index (Phi) is 6.47. The van der Waals surface area contributed by atoms with Gasteiger partial charge in [0.1, 0.15) is 17.3 Å². The number of hydrogen-bond acceptors (Lipinski definition) is 8. The number of nitro groups is 1. The number of nitrogens with zero attached hydrogens (tertiary/aromatic N) is 2. The van der Waals surface area contributed by atoms with Crippen LogP contribution in [0.25, 0.3) is 10.2 Å². The van der Waals surface area contributed by atoms with Gasteiger partial charge in [0, 0.05) is 6.07 Å². The van der Waals surface area contributed by atoms with Gasteiger partial charge in [-0.3, -0.25) is 14.9 Å². The molecule has 1 aromatic heterocycles. The third-order valence-corrected chi connectivity index (χ3v) is 4.83. The van der Waals surface area contributed by atoms with Crippen LogP contribution in [0.2, 0.25) is 0 Å². The van der Waals surface area contributed by atoms with Crippen molar-refractivity contribution in [1.82, 2.24) is 4.98 Å². The number of thiazole rings is 1. The first-order chi connectivity index (χ1) is 13.9. The molecule has 150 valence electrons. The van der Waals surface area contributed by atoms with E-state index in [-0.39, 0.29) is 24.6 Å². The number of amides is 1. The van der Waals surface area contributed by atoms with Crippen LogP contribution in [0.5, 0.6) is 0 Å². The van der Waals surface area contributed by atoms with E-state index >= 15 is 0 Å². The van der Waals surface area contributed by atoms with Crippen LogP contribution >= 0.6 is 11.3 Å². The molecule has 0 saturated heterocycles. The predicted octanol–water partition coefficient (Wildman–Crippen LogP) is 3.29. The number of hydrogen-bond donors (Lipinski definition) is 1. The molecule has 0 aliphatic carbocycles. The highest BCUT2D eigenvalue weighted by Gasteiger charge is 2.21. The Balaban J connectivity index is 1.47. The summed E-state index contributed by atoms with van der Waals surface area (Å²) in [6.07, 6.45) is -1.15. The monoisotopic (exact) mass is 415 g/mol. The summed E-state index contributed by atoms with van der Waals surface area (Å²) in [5.41, 5.74) is 0.634. The van der Waals surface area contributed by atoms with Gasteiger partial charge in [0.15, 0.2) is 6.10 Å². The zero-order valence-corrected chi connectivity index (χ0v) is 16.2. The minimum Gasteiger partial charge on any atom is -0.451 e. The first-order valence-corrected chi connectivity index (χ1v) is 9.41. The first kappa shape index (κ1) is 20.4. The number of benzene rings is 2. The molecule has 3 rings (SSSR count). The summed E-state index contributed by atoms with van der Waals surface area (Å²) >= 11 is 1.47. The number of carbonyl (C=O) groups is 2. The molecule has 2 aromatic carbocycles. The van der Waals surface area contributed by atoms with Gasteiger partial charge >= 0.3 is 5.97 Å². The zero-order chi connectivity index (χ0) is 20.8. The second kappa shape index (κ2) is 9.22. The summed E-state index contributed by atoms with van der Waals surface area (Å²) in [6.45, 7) is 1.17. The molecule has 3 aromatic rings. The van der Waals surface area contributed by atoms with Gasteiger partial charge in [-0.1, -0.05) is 24.3 Å². The number of rotatable bonds is 8. The molecular weight excluding hydrogens is 398 g/mol. The molecular formula is C19H17N3O6S. The van der Waals surface area contributed by atoms with Crippen molar-refractivity contribution in [3.63, 3.8) is 0 Å². The van der Waals surface area contributed by atoms with Gasteiger partial charge in [0.05, 0.1) is 21.7 Å². The van der Waals surface area contributed by atoms with Gasteiger partial charge in [-0.15, -0.1) is 11.3 Å². The van der Waals surface area contributed by atoms with Gasteiger partial charge in [-0.05, 0) is 25.1 Å². The summed E-state index contributed by atoms with van der Waals surface area (Å²) in [4.78, 5) is 38.8. The van der Waals surface area contributed by atoms with Gasteiger partial charge in [-0.25, -0.2) is 9.78 Å². The number of aromatic nitrogens is 1. The molecule has 0 fully saturated rings. The van der Waals surface area contributed by atoms with E-state index in [0.717, 1.165) is 15.2 Å². The number of fused-ring (bicyclic) bond motifs is 1. The van der Waals surface area contributed by atoms with Crippen molar-refractivity contribution in [2.45, 2.75) is 19.6 Å². The summed E-state index contributed by atoms with van der Waals surface area (Å²) in [5.74, 6) is -1.41. The van der Waals surface area contributed by atoms with Gasteiger partial charge < -0.3 is 14.8 Å². The van der Waals surface area contributed by atoms with Gasteiger partial charge in [0.2, 0.25) is 0 Å². The Morgan fingerprint density at radius 2 is 1.93 bits per heavy atom. The highest BCUT2D eigenvalue weighted by atomic mass is 32.1. The zero-order valence-electron chi connectivity index (χ0n) is 15.4. The Hall–Kier alpha value is -3.37. The standard InChI is InChI=1S/C19H17N3O6S/c1-12(19(24)21-13-6-2-4-8-15(13)22(25)26)28-18(23)11-27-10-17-20-14-7-3-5-9-16(14)29-17/h2-9,12H,10-11H2,1H3,(H,21,24)/t12-/m1/s1. The van der Waals surface area contributed by atoms with E-state index in [0.29, 0.717) is 0 Å². The molecule has 9 nitrogen and oxygen atoms in total. The molecule has 0 saturated carbocycles. The van der Waals surface area contributed by atoms with Crippen LogP contribution in [-0.4, -0.2) is 34.5 Å². The Bertz CT molecular complexity index is 1020. The third kappa shape index (κ3) is 5.33. The first-order valence-electron chi connectivity index (χ1n) is 8.60. The van der Waals surface area contributed by atoms with Gasteiger partial charge in [-0.2, -0.15) is 0 Å². The second-order valence-corrected chi connectivity index (χ2v) is 7.08. The van der Waals surface area contributed by atoms with Crippen molar-refractivity contribution < 1.29 is 24.0 Å². The summed E-state index contributed by atoms with van der Waals surface area (Å²) in [7, 11) is 0. The van der Waals surface area contributed by atoms with E-state index in [1.807, 2.05) is 24.3 Å². The molecule has 10 heteroatoms. The van der Waals surface area contributed by atoms with Crippen LogP contribution < -0.4 is 5.32 Å². The highest BCUT2D eigenvalue weighted by molar-refractivity contribution is 7.18. The molecule has 1 N–H and O–H groups in total. The largest absolute Gasteiger partial charge is 0.451 e. The molecule has 0 bridgehead atoms. The third-order valence-electron chi connectivity index (χ3n) is 3.82. The van der Waals surface area contributed by atoms with Crippen molar-refractivity contribution in [3.8, 4) is 0 Å². The van der Waals surface area contributed by atoms with Crippen LogP contribution in [0.3, 0.4) is 0 Å². The van der Waals surface area contributed by atoms with Crippen molar-refractivity contribution in [3.05, 3.63) is 63.7 Å². The van der Waals surface area contributed by atoms with Crippen LogP contribution in [0.1, 0.15) is 11.9 Å². The number of para-hydroxylation sites is 3. The van der Waals surface area contributed by atoms with E-state index < -0.39 is 22.9 Å². The lowest BCUT2D eigenvalue weighted by Gasteiger charge is -2.13. The fraction of sp³-hybridized carbons (Fsp3) is 0.211. The van der Waals surface area contributed by atoms with Crippen molar-refractivity contribution >= 4 is 44.8 Å². The Labute approximate surface area is 169 Å². The minimum atomic E-state index is -1.15. The summed E-state index contributed by atoms with van der Waals surface area (Å²) < 4.78 is 11.4. The molecule has 0 spiro atoms. The van der Waals surface area contributed by atoms with E-state index in [9.17, 15) is 19.7 Å². The van der Waals surface area contributed by atoms with Crippen molar-refractivity contribution in [1.29, 1.82) is 0 Å². The molecule has 29 heavy (non-hydrogen) atoms. The average Bonchev–Trinajstić information content (AvgIpc) is 3.10. The molecule has 0 unspecified atom stereocenters. The van der Waals surface area contributed by atoms with E-state index in [2.05, 4.69) is 10.3 Å². The number of carbonyl (C=O) groups excluding carboxylic acids is 2. The summed E-state index contributed by atoms with van der Waals surface area (Å²) in [5, 5.41) is 14.1. The number of esters is 1. The molecule has 0 aliphatic rings. The van der Waals surface area contributed by atoms with Crippen LogP contribution in [0.4, 0.5) is 11.4 Å². The van der Waals surface area contributed by atoms with Crippen LogP contribution in [0.15, 0.2) is 48.5 Å². The molecule has 0 radical (unpaired) electrons. The molecule has 1 heterocycles. The lowest BCUT2D eigenvalue weighted by molar-refractivity contribution is -0.383. The van der Waals surface area contributed by atoms with E-state index in [1.165, 1.54) is 36.5 Å². The number of ether oxygens (including phenoxy) is 2. The fourth-order valence-electron chi connectivity index (χ4n) is 2.46. The maximum atomic E-state index is 12.2. The normalized spacial score (nSPS) is 11.8. The van der Waals surface area contributed by atoms with Crippen LogP contribution in [0, 0.1) is 10.1 Å². The van der Waals surface area contributed by atoms with Crippen LogP contribution in [-0.2, 0) is 25.7 Å². The second-order valence-electron chi connectivity index (χ2n) is 5.96. The fourth-order valence-corrected chi connectivity index (χ4v) is 3.37. The predicted molar refractivity (Wildman–Crippen MR) is 107 cm³/mol. The topological polar surface area (TPSA) is 121 Å². The smallest absolute Gasteiger partial charge is 0.332 e. The van der Waals surface area contributed by atoms with Crippen molar-refractivity contribution in [2.75, 3.05) is 11.9 Å². The van der Waals surface area contributed by atoms with E-state index in [1.54, 1.807) is 6.07 Å². The highest BCUT2D eigenvalue weighted by Crippen LogP contribution is 2.24. The number of anilines is 1. The van der Waals surface area contributed by atoms with Crippen molar-refractivity contribution in [2.24, 2.45) is 0 Å². The Morgan fingerprint density at radius 3 is 2.69 bits per heavy atom. The number of nitrogens with one attached hydrogen (secondary N) is 1. The maximum Gasteiger partial charge on any atom is 0.332 e. The van der Waals surface area contributed by atoms with E-state index in [4.69, 9.17) is 9.47 Å². The van der Waals surface area contributed by atoms with Gasteiger partial charge in [0.25, 0.3) is 11.6 Å². The minimum absolute atomic E-state index is 0.0254. The lowest BCUT2D eigenvalue weighted by atomic mass is 10.2. The maximum absolute atomic E-state index is 12.2.